The van der Waals surface area contributed by atoms with Crippen molar-refractivity contribution in [2.45, 2.75) is 19.9 Å². The second-order valence-electron chi connectivity index (χ2n) is 3.97. The molecule has 1 aromatic carbocycles. The Morgan fingerprint density at radius 2 is 1.95 bits per heavy atom. The Hall–Kier alpha value is -1.59. The third-order valence-corrected chi connectivity index (χ3v) is 2.81. The van der Waals surface area contributed by atoms with Gasteiger partial charge < -0.3 is 5.32 Å². The molecule has 0 unspecified atom stereocenters. The Kier molecular flexibility index (Phi) is 5.79. The first-order valence-corrected chi connectivity index (χ1v) is 6.25. The number of hydrazone groups is 1. The molecule has 0 heterocycles. The lowest BCUT2D eigenvalue weighted by molar-refractivity contribution is -0.139. The molecule has 5 nitrogen and oxygen atoms in total. The molecule has 2 N–H and O–H groups in total. The summed E-state index contributed by atoms with van der Waals surface area (Å²) in [6, 6.07) is 4.89. The van der Waals surface area contributed by atoms with Crippen LogP contribution in [0.1, 0.15) is 19.4 Å². The number of rotatable bonds is 3. The lowest BCUT2D eigenvalue weighted by Gasteiger charge is -2.06. The lowest BCUT2D eigenvalue weighted by Crippen LogP contribution is -2.41. The van der Waals surface area contributed by atoms with E-state index in [2.05, 4.69) is 15.8 Å². The van der Waals surface area contributed by atoms with Gasteiger partial charge in [-0.15, -0.1) is 0 Å². The number of nitrogens with one attached hydrogen (secondary N) is 2. The highest BCUT2D eigenvalue weighted by Gasteiger charge is 2.13. The van der Waals surface area contributed by atoms with Crippen LogP contribution in [-0.4, -0.2) is 24.1 Å². The number of hydrogen-bond acceptors (Lipinski definition) is 3. The van der Waals surface area contributed by atoms with Crippen LogP contribution in [0.4, 0.5) is 0 Å². The van der Waals surface area contributed by atoms with Gasteiger partial charge in [-0.2, -0.15) is 5.10 Å². The van der Waals surface area contributed by atoms with Crippen LogP contribution in [0, 0.1) is 0 Å². The molecule has 0 aromatic heterocycles. The average molecular weight is 302 g/mol. The third-order valence-electron chi connectivity index (χ3n) is 1.98. The summed E-state index contributed by atoms with van der Waals surface area (Å²) >= 11 is 11.7. The van der Waals surface area contributed by atoms with Crippen molar-refractivity contribution in [3.63, 3.8) is 0 Å². The summed E-state index contributed by atoms with van der Waals surface area (Å²) in [5.74, 6) is -1.59. The first-order valence-electron chi connectivity index (χ1n) is 5.49. The van der Waals surface area contributed by atoms with Crippen LogP contribution in [0.15, 0.2) is 23.3 Å². The number of nitrogens with zero attached hydrogens (tertiary/aromatic N) is 1. The van der Waals surface area contributed by atoms with E-state index in [4.69, 9.17) is 23.2 Å². The van der Waals surface area contributed by atoms with Gasteiger partial charge in [0.05, 0.1) is 16.3 Å². The van der Waals surface area contributed by atoms with Crippen LogP contribution in [0.3, 0.4) is 0 Å². The van der Waals surface area contributed by atoms with Crippen molar-refractivity contribution >= 4 is 41.2 Å². The highest BCUT2D eigenvalue weighted by molar-refractivity contribution is 6.43. The van der Waals surface area contributed by atoms with E-state index in [1.54, 1.807) is 32.0 Å². The number of amides is 2. The maximum Gasteiger partial charge on any atom is 0.329 e. The Morgan fingerprint density at radius 3 is 2.58 bits per heavy atom. The van der Waals surface area contributed by atoms with E-state index in [1.165, 1.54) is 6.21 Å². The summed E-state index contributed by atoms with van der Waals surface area (Å²) < 4.78 is 0. The molecule has 0 saturated carbocycles. The minimum atomic E-state index is -0.844. The van der Waals surface area contributed by atoms with Crippen LogP contribution in [0.5, 0.6) is 0 Å². The topological polar surface area (TPSA) is 70.6 Å². The minimum Gasteiger partial charge on any atom is -0.346 e. The third kappa shape index (κ3) is 4.89. The normalized spacial score (nSPS) is 10.8. The number of hydrogen-bond donors (Lipinski definition) is 2. The highest BCUT2D eigenvalue weighted by atomic mass is 35.5. The van der Waals surface area contributed by atoms with E-state index in [0.717, 1.165) is 0 Å². The quantitative estimate of drug-likeness (QED) is 0.509. The van der Waals surface area contributed by atoms with E-state index in [1.807, 2.05) is 0 Å². The van der Waals surface area contributed by atoms with Gasteiger partial charge in [-0.3, -0.25) is 9.59 Å². The summed E-state index contributed by atoms with van der Waals surface area (Å²) in [7, 11) is 0. The summed E-state index contributed by atoms with van der Waals surface area (Å²) in [6.07, 6.45) is 1.31. The van der Waals surface area contributed by atoms with Gasteiger partial charge in [-0.1, -0.05) is 35.3 Å². The predicted octanol–water partition coefficient (Wildman–Crippen LogP) is 1.97. The molecule has 0 aliphatic rings. The minimum absolute atomic E-state index is 0.121. The first-order chi connectivity index (χ1) is 8.91. The second kappa shape index (κ2) is 7.11. The Morgan fingerprint density at radius 1 is 1.26 bits per heavy atom. The van der Waals surface area contributed by atoms with Crippen molar-refractivity contribution in [1.82, 2.24) is 10.7 Å². The summed E-state index contributed by atoms with van der Waals surface area (Å²) in [4.78, 5) is 22.6. The van der Waals surface area contributed by atoms with Crippen LogP contribution in [-0.2, 0) is 9.59 Å². The average Bonchev–Trinajstić information content (AvgIpc) is 2.33. The highest BCUT2D eigenvalue weighted by Crippen LogP contribution is 2.23. The molecule has 0 atom stereocenters. The van der Waals surface area contributed by atoms with Gasteiger partial charge >= 0.3 is 11.8 Å². The predicted molar refractivity (Wildman–Crippen MR) is 75.5 cm³/mol. The molecule has 0 bridgehead atoms. The number of carbonyl (C=O) groups excluding carboxylic acids is 2. The van der Waals surface area contributed by atoms with Gasteiger partial charge in [0.25, 0.3) is 0 Å². The second-order valence-corrected chi connectivity index (χ2v) is 4.76. The van der Waals surface area contributed by atoms with Crippen LogP contribution in [0.25, 0.3) is 0 Å². The van der Waals surface area contributed by atoms with Crippen molar-refractivity contribution in [3.05, 3.63) is 33.8 Å². The molecule has 2 amide bonds. The summed E-state index contributed by atoms with van der Waals surface area (Å²) in [6.45, 7) is 3.50. The van der Waals surface area contributed by atoms with Gasteiger partial charge in [0.1, 0.15) is 0 Å². The molecule has 0 radical (unpaired) electrons. The van der Waals surface area contributed by atoms with Gasteiger partial charge in [0.2, 0.25) is 0 Å². The Labute approximate surface area is 121 Å². The van der Waals surface area contributed by atoms with E-state index in [9.17, 15) is 9.59 Å². The SMILES string of the molecule is CC(C)NC(=O)C(=O)N/N=C/c1cccc(Cl)c1Cl. The van der Waals surface area contributed by atoms with Crippen molar-refractivity contribution in [1.29, 1.82) is 0 Å². The van der Waals surface area contributed by atoms with E-state index < -0.39 is 11.8 Å². The molecule has 0 spiro atoms. The largest absolute Gasteiger partial charge is 0.346 e. The zero-order valence-corrected chi connectivity index (χ0v) is 11.9. The Balaban J connectivity index is 2.61. The molecular weight excluding hydrogens is 289 g/mol. The molecule has 1 rings (SSSR count). The van der Waals surface area contributed by atoms with Crippen LogP contribution >= 0.6 is 23.2 Å². The fourth-order valence-electron chi connectivity index (χ4n) is 1.16. The summed E-state index contributed by atoms with van der Waals surface area (Å²) in [5.41, 5.74) is 2.64. The van der Waals surface area contributed by atoms with Crippen molar-refractivity contribution in [3.8, 4) is 0 Å². The number of halogens is 2. The maximum atomic E-state index is 11.3. The molecule has 1 aromatic rings. The zero-order valence-electron chi connectivity index (χ0n) is 10.4. The fourth-order valence-corrected chi connectivity index (χ4v) is 1.52. The van der Waals surface area contributed by atoms with E-state index in [-0.39, 0.29) is 6.04 Å². The smallest absolute Gasteiger partial charge is 0.329 e. The molecule has 102 valence electrons. The molecule has 19 heavy (non-hydrogen) atoms. The molecule has 0 aliphatic heterocycles. The van der Waals surface area contributed by atoms with E-state index >= 15 is 0 Å². The van der Waals surface area contributed by atoms with Crippen molar-refractivity contribution in [2.24, 2.45) is 5.10 Å². The number of benzene rings is 1. The number of carbonyl (C=O) groups is 2. The molecule has 7 heteroatoms. The monoisotopic (exact) mass is 301 g/mol. The van der Waals surface area contributed by atoms with Gasteiger partial charge in [0.15, 0.2) is 0 Å². The van der Waals surface area contributed by atoms with Crippen LogP contribution in [0.2, 0.25) is 10.0 Å². The van der Waals surface area contributed by atoms with Crippen molar-refractivity contribution in [2.75, 3.05) is 0 Å². The van der Waals surface area contributed by atoms with Gasteiger partial charge in [-0.25, -0.2) is 5.43 Å². The molecular formula is C12H13Cl2N3O2. The molecule has 0 aliphatic carbocycles. The van der Waals surface area contributed by atoms with Crippen molar-refractivity contribution < 1.29 is 9.59 Å². The van der Waals surface area contributed by atoms with Gasteiger partial charge in [-0.05, 0) is 19.9 Å². The zero-order chi connectivity index (χ0) is 14.4. The molecule has 0 fully saturated rings. The molecule has 0 saturated heterocycles. The fraction of sp³-hybridized carbons (Fsp3) is 0.250. The maximum absolute atomic E-state index is 11.3. The van der Waals surface area contributed by atoms with Gasteiger partial charge in [0, 0.05) is 11.6 Å². The first kappa shape index (κ1) is 15.5. The Bertz CT molecular complexity index is 516. The standard InChI is InChI=1S/C12H13Cl2N3O2/c1-7(2)16-11(18)12(19)17-15-6-8-4-3-5-9(13)10(8)14/h3-7H,1-2H3,(H,16,18)(H,17,19)/b15-6+. The van der Waals surface area contributed by atoms with E-state index in [0.29, 0.717) is 15.6 Å². The summed E-state index contributed by atoms with van der Waals surface area (Å²) in [5, 5.41) is 6.79. The van der Waals surface area contributed by atoms with Crippen LogP contribution < -0.4 is 10.7 Å². The lowest BCUT2D eigenvalue weighted by atomic mass is 10.2.